The fraction of sp³-hybridized carbons (Fsp3) is 0.750. The van der Waals surface area contributed by atoms with Gasteiger partial charge in [-0.2, -0.15) is 5.06 Å². The minimum atomic E-state index is -0.234. The standard InChI is InChI=1S/C12H21NO2/c1-6-7-15-13-11(2,3)8-10(14)9-12(13,4)5/h6H,1,7-9H2,2-5H3. The number of piperidine rings is 1. The summed E-state index contributed by atoms with van der Waals surface area (Å²) >= 11 is 0. The Morgan fingerprint density at radius 3 is 2.20 bits per heavy atom. The van der Waals surface area contributed by atoms with E-state index in [2.05, 4.69) is 6.58 Å². The van der Waals surface area contributed by atoms with Crippen molar-refractivity contribution < 1.29 is 9.63 Å². The summed E-state index contributed by atoms with van der Waals surface area (Å²) in [5, 5.41) is 1.95. The van der Waals surface area contributed by atoms with Gasteiger partial charge in [0.2, 0.25) is 0 Å². The molecule has 0 saturated carbocycles. The highest BCUT2D eigenvalue weighted by molar-refractivity contribution is 5.81. The maximum absolute atomic E-state index is 11.6. The number of hydrogen-bond acceptors (Lipinski definition) is 3. The number of rotatable bonds is 3. The Morgan fingerprint density at radius 2 is 1.80 bits per heavy atom. The number of ketones is 1. The lowest BCUT2D eigenvalue weighted by Crippen LogP contribution is -2.60. The first-order valence-electron chi connectivity index (χ1n) is 5.35. The van der Waals surface area contributed by atoms with E-state index in [1.807, 2.05) is 32.8 Å². The Bertz CT molecular complexity index is 249. The zero-order chi connectivity index (χ0) is 11.7. The lowest BCUT2D eigenvalue weighted by molar-refractivity contribution is -0.268. The first kappa shape index (κ1) is 12.4. The number of Topliss-reactive ketones (excluding diaryl/α,β-unsaturated/α-hetero) is 1. The Balaban J connectivity index is 2.86. The maximum Gasteiger partial charge on any atom is 0.136 e. The molecule has 3 heteroatoms. The van der Waals surface area contributed by atoms with Gasteiger partial charge in [-0.05, 0) is 27.7 Å². The van der Waals surface area contributed by atoms with Crippen LogP contribution in [-0.2, 0) is 9.63 Å². The van der Waals surface area contributed by atoms with Crippen LogP contribution >= 0.6 is 0 Å². The van der Waals surface area contributed by atoms with Crippen LogP contribution in [0.3, 0.4) is 0 Å². The van der Waals surface area contributed by atoms with Gasteiger partial charge in [0.05, 0.1) is 6.61 Å². The van der Waals surface area contributed by atoms with E-state index in [4.69, 9.17) is 4.84 Å². The van der Waals surface area contributed by atoms with Crippen LogP contribution in [0.25, 0.3) is 0 Å². The molecule has 86 valence electrons. The first-order valence-corrected chi connectivity index (χ1v) is 5.35. The number of hydrogen-bond donors (Lipinski definition) is 0. The van der Waals surface area contributed by atoms with Crippen molar-refractivity contribution >= 4 is 5.78 Å². The molecular formula is C12H21NO2. The summed E-state index contributed by atoms with van der Waals surface area (Å²) in [7, 11) is 0. The molecule has 1 heterocycles. The molecule has 1 rings (SSSR count). The Kier molecular flexibility index (Phi) is 3.36. The van der Waals surface area contributed by atoms with Gasteiger partial charge >= 0.3 is 0 Å². The Hall–Kier alpha value is -0.670. The van der Waals surface area contributed by atoms with Gasteiger partial charge in [-0.1, -0.05) is 6.08 Å². The van der Waals surface area contributed by atoms with Crippen molar-refractivity contribution in [2.45, 2.75) is 51.6 Å². The van der Waals surface area contributed by atoms with Crippen molar-refractivity contribution in [2.75, 3.05) is 6.61 Å². The highest BCUT2D eigenvalue weighted by atomic mass is 16.7. The van der Waals surface area contributed by atoms with Crippen molar-refractivity contribution in [3.05, 3.63) is 12.7 Å². The van der Waals surface area contributed by atoms with Crippen molar-refractivity contribution in [1.82, 2.24) is 5.06 Å². The summed E-state index contributed by atoms with van der Waals surface area (Å²) in [5.74, 6) is 0.309. The third kappa shape index (κ3) is 2.67. The lowest BCUT2D eigenvalue weighted by atomic mass is 9.81. The van der Waals surface area contributed by atoms with E-state index in [-0.39, 0.29) is 11.1 Å². The predicted octanol–water partition coefficient (Wildman–Crippen LogP) is 2.33. The summed E-state index contributed by atoms with van der Waals surface area (Å²) < 4.78 is 0. The van der Waals surface area contributed by atoms with Crippen LogP contribution in [0.2, 0.25) is 0 Å². The van der Waals surface area contributed by atoms with E-state index in [1.165, 1.54) is 0 Å². The number of nitrogens with zero attached hydrogens (tertiary/aromatic N) is 1. The zero-order valence-corrected chi connectivity index (χ0v) is 10.2. The van der Waals surface area contributed by atoms with Crippen LogP contribution in [0.15, 0.2) is 12.7 Å². The second kappa shape index (κ2) is 4.06. The topological polar surface area (TPSA) is 29.5 Å². The minimum absolute atomic E-state index is 0.234. The van der Waals surface area contributed by atoms with E-state index in [0.717, 1.165) is 0 Å². The van der Waals surface area contributed by atoms with Crippen molar-refractivity contribution in [3.8, 4) is 0 Å². The van der Waals surface area contributed by atoms with E-state index in [0.29, 0.717) is 25.2 Å². The molecule has 0 N–H and O–H groups in total. The molecule has 1 fully saturated rings. The average molecular weight is 211 g/mol. The largest absolute Gasteiger partial charge is 0.300 e. The Morgan fingerprint density at radius 1 is 1.33 bits per heavy atom. The molecule has 1 aliphatic rings. The van der Waals surface area contributed by atoms with E-state index >= 15 is 0 Å². The molecule has 1 saturated heterocycles. The molecule has 0 amide bonds. The molecule has 0 spiro atoms. The average Bonchev–Trinajstić information content (AvgIpc) is 1.98. The SMILES string of the molecule is C=CCON1C(C)(C)CC(=O)CC1(C)C. The van der Waals surface area contributed by atoms with Crippen molar-refractivity contribution in [3.63, 3.8) is 0 Å². The van der Waals surface area contributed by atoms with E-state index in [9.17, 15) is 4.79 Å². The summed E-state index contributed by atoms with van der Waals surface area (Å²) in [5.41, 5.74) is -0.469. The summed E-state index contributed by atoms with van der Waals surface area (Å²) in [4.78, 5) is 17.3. The molecule has 0 aliphatic carbocycles. The maximum atomic E-state index is 11.6. The molecule has 0 aromatic heterocycles. The number of hydroxylamine groups is 2. The summed E-state index contributed by atoms with van der Waals surface area (Å²) in [6.45, 7) is 12.3. The van der Waals surface area contributed by atoms with Gasteiger partial charge in [-0.15, -0.1) is 6.58 Å². The van der Waals surface area contributed by atoms with Crippen molar-refractivity contribution in [2.24, 2.45) is 0 Å². The third-order valence-electron chi connectivity index (χ3n) is 2.68. The van der Waals surface area contributed by atoms with Crippen LogP contribution in [-0.4, -0.2) is 28.5 Å². The molecule has 0 aromatic carbocycles. The molecule has 0 atom stereocenters. The smallest absolute Gasteiger partial charge is 0.136 e. The number of carbonyl (C=O) groups excluding carboxylic acids is 1. The van der Waals surface area contributed by atoms with Crippen LogP contribution in [0.5, 0.6) is 0 Å². The normalized spacial score (nSPS) is 25.2. The monoisotopic (exact) mass is 211 g/mol. The van der Waals surface area contributed by atoms with Crippen LogP contribution < -0.4 is 0 Å². The molecule has 15 heavy (non-hydrogen) atoms. The predicted molar refractivity (Wildman–Crippen MR) is 60.4 cm³/mol. The van der Waals surface area contributed by atoms with Crippen molar-refractivity contribution in [1.29, 1.82) is 0 Å². The number of carbonyl (C=O) groups is 1. The molecule has 0 bridgehead atoms. The quantitative estimate of drug-likeness (QED) is 0.671. The minimum Gasteiger partial charge on any atom is -0.300 e. The fourth-order valence-corrected chi connectivity index (χ4v) is 2.47. The highest BCUT2D eigenvalue weighted by Gasteiger charge is 2.45. The zero-order valence-electron chi connectivity index (χ0n) is 10.2. The highest BCUT2D eigenvalue weighted by Crippen LogP contribution is 2.36. The molecular weight excluding hydrogens is 190 g/mol. The van der Waals surface area contributed by atoms with Gasteiger partial charge in [-0.25, -0.2) is 0 Å². The molecule has 0 radical (unpaired) electrons. The van der Waals surface area contributed by atoms with Gasteiger partial charge in [0.15, 0.2) is 0 Å². The van der Waals surface area contributed by atoms with Gasteiger partial charge in [0.1, 0.15) is 5.78 Å². The van der Waals surface area contributed by atoms with Crippen LogP contribution in [0.1, 0.15) is 40.5 Å². The molecule has 0 unspecified atom stereocenters. The van der Waals surface area contributed by atoms with Gasteiger partial charge in [0.25, 0.3) is 0 Å². The van der Waals surface area contributed by atoms with E-state index in [1.54, 1.807) is 6.08 Å². The van der Waals surface area contributed by atoms with E-state index < -0.39 is 0 Å². The molecule has 1 aliphatic heterocycles. The van der Waals surface area contributed by atoms with Crippen LogP contribution in [0.4, 0.5) is 0 Å². The second-order valence-electron chi connectivity index (χ2n) is 5.40. The Labute approximate surface area is 92.0 Å². The lowest BCUT2D eigenvalue weighted by Gasteiger charge is -2.50. The second-order valence-corrected chi connectivity index (χ2v) is 5.40. The first-order chi connectivity index (χ1) is 6.79. The van der Waals surface area contributed by atoms with Crippen LogP contribution in [0, 0.1) is 0 Å². The van der Waals surface area contributed by atoms with Gasteiger partial charge in [0, 0.05) is 23.9 Å². The molecule has 3 nitrogen and oxygen atoms in total. The fourth-order valence-electron chi connectivity index (χ4n) is 2.47. The van der Waals surface area contributed by atoms with Gasteiger partial charge < -0.3 is 0 Å². The third-order valence-corrected chi connectivity index (χ3v) is 2.68. The summed E-state index contributed by atoms with van der Waals surface area (Å²) in [6.07, 6.45) is 2.82. The summed E-state index contributed by atoms with van der Waals surface area (Å²) in [6, 6.07) is 0. The molecule has 0 aromatic rings. The van der Waals surface area contributed by atoms with Gasteiger partial charge in [-0.3, -0.25) is 9.63 Å².